The Bertz CT molecular complexity index is 875. The average molecular weight is 346 g/mol. The van der Waals surface area contributed by atoms with Crippen molar-refractivity contribution in [2.45, 2.75) is 13.5 Å². The first-order valence-corrected chi connectivity index (χ1v) is 7.33. The van der Waals surface area contributed by atoms with Crippen LogP contribution in [0.3, 0.4) is 0 Å². The zero-order chi connectivity index (χ0) is 15.0. The van der Waals surface area contributed by atoms with E-state index in [0.29, 0.717) is 28.8 Å². The van der Waals surface area contributed by atoms with Gasteiger partial charge in [0.25, 0.3) is 0 Å². The van der Waals surface area contributed by atoms with Crippen LogP contribution in [0.5, 0.6) is 0 Å². The highest BCUT2D eigenvalue weighted by molar-refractivity contribution is 9.10. The smallest absolute Gasteiger partial charge is 0.408 e. The van der Waals surface area contributed by atoms with Crippen molar-refractivity contribution in [3.63, 3.8) is 0 Å². The zero-order valence-electron chi connectivity index (χ0n) is 11.3. The second-order valence-electron chi connectivity index (χ2n) is 4.63. The number of ketones is 1. The molecule has 2 aromatic carbocycles. The van der Waals surface area contributed by atoms with Crippen molar-refractivity contribution >= 4 is 32.8 Å². The number of hydrogen-bond donors (Lipinski definition) is 0. The van der Waals surface area contributed by atoms with E-state index in [9.17, 15) is 9.59 Å². The maximum atomic E-state index is 12.4. The second kappa shape index (κ2) is 5.33. The molecule has 3 aromatic rings. The highest BCUT2D eigenvalue weighted by Gasteiger charge is 2.13. The van der Waals surface area contributed by atoms with E-state index in [4.69, 9.17) is 4.42 Å². The molecule has 0 spiro atoms. The van der Waals surface area contributed by atoms with Crippen LogP contribution < -0.4 is 5.76 Å². The zero-order valence-corrected chi connectivity index (χ0v) is 12.9. The molecule has 5 heteroatoms. The second-order valence-corrected chi connectivity index (χ2v) is 5.55. The number of aryl methyl sites for hydroxylation is 1. The SMILES string of the molecule is CCn1c(=O)oc2cc(C(=O)c3ccc(Br)cc3)ccc21. The summed E-state index contributed by atoms with van der Waals surface area (Å²) >= 11 is 3.34. The van der Waals surface area contributed by atoms with Crippen LogP contribution in [-0.2, 0) is 6.54 Å². The molecule has 0 unspecified atom stereocenters. The van der Waals surface area contributed by atoms with Gasteiger partial charge in [-0.2, -0.15) is 0 Å². The van der Waals surface area contributed by atoms with Gasteiger partial charge < -0.3 is 4.42 Å². The van der Waals surface area contributed by atoms with E-state index >= 15 is 0 Å². The van der Waals surface area contributed by atoms with E-state index in [2.05, 4.69) is 15.9 Å². The first kappa shape index (κ1) is 13.8. The molecule has 0 aliphatic heterocycles. The summed E-state index contributed by atoms with van der Waals surface area (Å²) in [4.78, 5) is 24.1. The van der Waals surface area contributed by atoms with Gasteiger partial charge in [-0.1, -0.05) is 15.9 Å². The lowest BCUT2D eigenvalue weighted by atomic mass is 10.0. The van der Waals surface area contributed by atoms with Crippen molar-refractivity contribution in [3.8, 4) is 0 Å². The number of carbonyl (C=O) groups excluding carboxylic acids is 1. The van der Waals surface area contributed by atoms with Gasteiger partial charge in [-0.25, -0.2) is 4.79 Å². The number of rotatable bonds is 3. The van der Waals surface area contributed by atoms with Crippen LogP contribution in [0.1, 0.15) is 22.8 Å². The fourth-order valence-electron chi connectivity index (χ4n) is 2.27. The molecular formula is C16H12BrNO3. The molecule has 3 rings (SSSR count). The average Bonchev–Trinajstić information content (AvgIpc) is 2.81. The monoisotopic (exact) mass is 345 g/mol. The van der Waals surface area contributed by atoms with Crippen LogP contribution in [0.4, 0.5) is 0 Å². The van der Waals surface area contributed by atoms with E-state index in [1.54, 1.807) is 30.3 Å². The van der Waals surface area contributed by atoms with Crippen LogP contribution in [0.2, 0.25) is 0 Å². The first-order chi connectivity index (χ1) is 10.1. The lowest BCUT2D eigenvalue weighted by molar-refractivity contribution is 0.103. The largest absolute Gasteiger partial charge is 0.419 e. The minimum atomic E-state index is -0.402. The Balaban J connectivity index is 2.07. The standard InChI is InChI=1S/C16H12BrNO3/c1-2-18-13-8-5-11(9-14(13)21-16(18)20)15(19)10-3-6-12(17)7-4-10/h3-9H,2H2,1H3. The minimum absolute atomic E-state index is 0.101. The van der Waals surface area contributed by atoms with Gasteiger partial charge in [0, 0.05) is 22.1 Å². The van der Waals surface area contributed by atoms with E-state index in [1.165, 1.54) is 4.57 Å². The topological polar surface area (TPSA) is 52.2 Å². The molecule has 0 N–H and O–H groups in total. The van der Waals surface area contributed by atoms with Gasteiger partial charge in [0.2, 0.25) is 0 Å². The highest BCUT2D eigenvalue weighted by atomic mass is 79.9. The first-order valence-electron chi connectivity index (χ1n) is 6.54. The summed E-state index contributed by atoms with van der Waals surface area (Å²) in [7, 11) is 0. The van der Waals surface area contributed by atoms with Crippen molar-refractivity contribution in [2.75, 3.05) is 0 Å². The molecule has 0 fully saturated rings. The molecule has 1 heterocycles. The number of nitrogens with zero attached hydrogens (tertiary/aromatic N) is 1. The molecule has 0 aliphatic carbocycles. The van der Waals surface area contributed by atoms with Gasteiger partial charge >= 0.3 is 5.76 Å². The summed E-state index contributed by atoms with van der Waals surface area (Å²) in [5.41, 5.74) is 2.23. The molecule has 4 nitrogen and oxygen atoms in total. The Morgan fingerprint density at radius 2 is 1.81 bits per heavy atom. The van der Waals surface area contributed by atoms with Crippen molar-refractivity contribution < 1.29 is 9.21 Å². The third-order valence-corrected chi connectivity index (χ3v) is 3.88. The van der Waals surface area contributed by atoms with Crippen LogP contribution in [0.25, 0.3) is 11.1 Å². The Morgan fingerprint density at radius 3 is 2.48 bits per heavy atom. The molecule has 21 heavy (non-hydrogen) atoms. The quantitative estimate of drug-likeness (QED) is 0.681. The van der Waals surface area contributed by atoms with Gasteiger partial charge in [-0.15, -0.1) is 0 Å². The third kappa shape index (κ3) is 2.45. The number of halogens is 1. The molecule has 106 valence electrons. The summed E-state index contributed by atoms with van der Waals surface area (Å²) in [6, 6.07) is 12.2. The Hall–Kier alpha value is -2.14. The molecule has 0 bridgehead atoms. The van der Waals surface area contributed by atoms with E-state index in [-0.39, 0.29) is 5.78 Å². The third-order valence-electron chi connectivity index (χ3n) is 3.35. The van der Waals surface area contributed by atoms with Crippen LogP contribution in [-0.4, -0.2) is 10.4 Å². The van der Waals surface area contributed by atoms with Gasteiger partial charge in [0.05, 0.1) is 5.52 Å². The predicted molar refractivity (Wildman–Crippen MR) is 83.7 cm³/mol. The fraction of sp³-hybridized carbons (Fsp3) is 0.125. The minimum Gasteiger partial charge on any atom is -0.408 e. The molecule has 0 aliphatic rings. The summed E-state index contributed by atoms with van der Waals surface area (Å²) < 4.78 is 7.63. The van der Waals surface area contributed by atoms with Gasteiger partial charge in [0.15, 0.2) is 11.4 Å². The summed E-state index contributed by atoms with van der Waals surface area (Å²) in [6.45, 7) is 2.41. The van der Waals surface area contributed by atoms with Crippen molar-refractivity contribution in [1.82, 2.24) is 4.57 Å². The Kier molecular flexibility index (Phi) is 3.51. The number of benzene rings is 2. The van der Waals surface area contributed by atoms with Crippen molar-refractivity contribution in [3.05, 3.63) is 68.6 Å². The number of oxazole rings is 1. The lowest BCUT2D eigenvalue weighted by Gasteiger charge is -2.02. The number of aromatic nitrogens is 1. The Morgan fingerprint density at radius 1 is 1.14 bits per heavy atom. The predicted octanol–water partition coefficient (Wildman–Crippen LogP) is 3.61. The van der Waals surface area contributed by atoms with E-state index in [0.717, 1.165) is 4.47 Å². The van der Waals surface area contributed by atoms with E-state index < -0.39 is 5.76 Å². The molecule has 0 atom stereocenters. The fourth-order valence-corrected chi connectivity index (χ4v) is 2.54. The number of hydrogen-bond acceptors (Lipinski definition) is 3. The molecule has 0 radical (unpaired) electrons. The van der Waals surface area contributed by atoms with Crippen LogP contribution >= 0.6 is 15.9 Å². The van der Waals surface area contributed by atoms with Crippen LogP contribution in [0.15, 0.2) is 56.1 Å². The van der Waals surface area contributed by atoms with Gasteiger partial charge in [-0.3, -0.25) is 9.36 Å². The molecule has 1 aromatic heterocycles. The molecule has 0 saturated heterocycles. The van der Waals surface area contributed by atoms with Crippen molar-refractivity contribution in [1.29, 1.82) is 0 Å². The van der Waals surface area contributed by atoms with Crippen LogP contribution in [0, 0.1) is 0 Å². The number of fused-ring (bicyclic) bond motifs is 1. The van der Waals surface area contributed by atoms with E-state index in [1.807, 2.05) is 19.1 Å². The summed E-state index contributed by atoms with van der Waals surface area (Å²) in [5.74, 6) is -0.503. The van der Waals surface area contributed by atoms with Gasteiger partial charge in [0.1, 0.15) is 0 Å². The summed E-state index contributed by atoms with van der Waals surface area (Å²) in [6.07, 6.45) is 0. The molecule has 0 saturated carbocycles. The van der Waals surface area contributed by atoms with Crippen molar-refractivity contribution in [2.24, 2.45) is 0 Å². The summed E-state index contributed by atoms with van der Waals surface area (Å²) in [5, 5.41) is 0. The normalized spacial score (nSPS) is 11.0. The maximum absolute atomic E-state index is 12.4. The maximum Gasteiger partial charge on any atom is 0.419 e. The highest BCUT2D eigenvalue weighted by Crippen LogP contribution is 2.19. The number of carbonyl (C=O) groups is 1. The molecule has 0 amide bonds. The Labute approximate surface area is 129 Å². The van der Waals surface area contributed by atoms with Gasteiger partial charge in [-0.05, 0) is 49.4 Å². The lowest BCUT2D eigenvalue weighted by Crippen LogP contribution is -2.11. The molecular weight excluding hydrogens is 334 g/mol.